The number of rotatable bonds is 2. The molecule has 0 atom stereocenters. The zero-order valence-corrected chi connectivity index (χ0v) is 14.3. The number of nitrogens with zero attached hydrogens (tertiary/aromatic N) is 1. The summed E-state index contributed by atoms with van der Waals surface area (Å²) in [6, 6.07) is 17.8. The smallest absolute Gasteiger partial charge is 0.191 e. The molecule has 0 amide bonds. The van der Waals surface area contributed by atoms with Gasteiger partial charge in [-0.05, 0) is 43.2 Å². The van der Waals surface area contributed by atoms with Crippen LogP contribution < -0.4 is 5.43 Å². The van der Waals surface area contributed by atoms with Crippen molar-refractivity contribution >= 4 is 22.4 Å². The lowest BCUT2D eigenvalue weighted by molar-refractivity contribution is 1.20. The van der Waals surface area contributed by atoms with Crippen LogP contribution in [0.2, 0.25) is 0 Å². The highest BCUT2D eigenvalue weighted by atomic mass is 32.1. The molecule has 4 aromatic rings. The van der Waals surface area contributed by atoms with Crippen LogP contribution in [0.1, 0.15) is 11.3 Å². The van der Waals surface area contributed by atoms with Crippen LogP contribution in [0.5, 0.6) is 0 Å². The predicted molar refractivity (Wildman–Crippen MR) is 101 cm³/mol. The quantitative estimate of drug-likeness (QED) is 0.565. The van der Waals surface area contributed by atoms with E-state index in [1.807, 2.05) is 37.3 Å². The van der Waals surface area contributed by atoms with E-state index in [-0.39, 0.29) is 5.43 Å². The van der Waals surface area contributed by atoms with Gasteiger partial charge in [0.15, 0.2) is 5.43 Å². The van der Waals surface area contributed by atoms with Crippen LogP contribution in [0.15, 0.2) is 59.4 Å². The van der Waals surface area contributed by atoms with E-state index in [9.17, 15) is 4.79 Å². The summed E-state index contributed by atoms with van der Waals surface area (Å²) >= 11 is 1.69. The maximum Gasteiger partial charge on any atom is 0.191 e. The van der Waals surface area contributed by atoms with Crippen molar-refractivity contribution < 1.29 is 0 Å². The van der Waals surface area contributed by atoms with Gasteiger partial charge in [-0.25, -0.2) is 4.98 Å². The molecule has 1 N–H and O–H groups in total. The third-order valence-electron chi connectivity index (χ3n) is 4.05. The summed E-state index contributed by atoms with van der Waals surface area (Å²) in [5.74, 6) is 0. The molecule has 118 valence electrons. The number of pyridine rings is 2. The Hall–Kier alpha value is -2.72. The van der Waals surface area contributed by atoms with Crippen LogP contribution in [0.3, 0.4) is 0 Å². The first-order valence-electron chi connectivity index (χ1n) is 7.79. The molecule has 4 heteroatoms. The molecule has 3 aromatic heterocycles. The molecule has 0 saturated carbocycles. The molecule has 0 spiro atoms. The molecular formula is C20H16N2OS. The van der Waals surface area contributed by atoms with E-state index in [1.54, 1.807) is 17.4 Å². The fraction of sp³-hybridized carbons (Fsp3) is 0.100. The van der Waals surface area contributed by atoms with Gasteiger partial charge in [0.05, 0.1) is 16.0 Å². The predicted octanol–water partition coefficient (Wildman–Crippen LogP) is 4.94. The van der Waals surface area contributed by atoms with Crippen LogP contribution in [0, 0.1) is 13.8 Å². The van der Waals surface area contributed by atoms with Crippen molar-refractivity contribution in [3.05, 3.63) is 76.1 Å². The number of aryl methyl sites for hydroxylation is 2. The Kier molecular flexibility index (Phi) is 3.54. The van der Waals surface area contributed by atoms with Gasteiger partial charge in [0.2, 0.25) is 0 Å². The molecule has 1 aromatic carbocycles. The minimum atomic E-state index is 0.000288. The van der Waals surface area contributed by atoms with E-state index >= 15 is 0 Å². The molecule has 0 bridgehead atoms. The Morgan fingerprint density at radius 1 is 1.00 bits per heavy atom. The molecule has 0 fully saturated rings. The number of aromatic amines is 1. The number of H-pyrrole nitrogens is 1. The monoisotopic (exact) mass is 332 g/mol. The summed E-state index contributed by atoms with van der Waals surface area (Å²) in [6.45, 7) is 4.00. The maximum absolute atomic E-state index is 12.4. The summed E-state index contributed by atoms with van der Waals surface area (Å²) in [4.78, 5) is 22.5. The minimum Gasteiger partial charge on any atom is -0.338 e. The van der Waals surface area contributed by atoms with Crippen molar-refractivity contribution in [2.24, 2.45) is 0 Å². The van der Waals surface area contributed by atoms with Crippen molar-refractivity contribution in [2.75, 3.05) is 0 Å². The van der Waals surface area contributed by atoms with Crippen LogP contribution >= 0.6 is 11.3 Å². The van der Waals surface area contributed by atoms with Crippen molar-refractivity contribution in [1.82, 2.24) is 9.97 Å². The largest absolute Gasteiger partial charge is 0.338 e. The molecule has 3 heterocycles. The molecule has 0 radical (unpaired) electrons. The third-order valence-corrected chi connectivity index (χ3v) is 5.37. The van der Waals surface area contributed by atoms with Gasteiger partial charge in [-0.15, -0.1) is 11.3 Å². The first-order valence-corrected chi connectivity index (χ1v) is 8.60. The number of hydrogen-bond acceptors (Lipinski definition) is 3. The summed E-state index contributed by atoms with van der Waals surface area (Å²) < 4.78 is 0. The first-order chi connectivity index (χ1) is 11.6. The van der Waals surface area contributed by atoms with Gasteiger partial charge in [-0.3, -0.25) is 4.79 Å². The van der Waals surface area contributed by atoms with Gasteiger partial charge < -0.3 is 4.98 Å². The van der Waals surface area contributed by atoms with E-state index in [1.165, 1.54) is 10.4 Å². The van der Waals surface area contributed by atoms with E-state index in [4.69, 9.17) is 0 Å². The fourth-order valence-electron chi connectivity index (χ4n) is 2.84. The van der Waals surface area contributed by atoms with E-state index in [0.29, 0.717) is 11.0 Å². The van der Waals surface area contributed by atoms with Gasteiger partial charge in [0.25, 0.3) is 0 Å². The van der Waals surface area contributed by atoms with Gasteiger partial charge in [-0.2, -0.15) is 0 Å². The number of benzene rings is 1. The molecule has 0 aliphatic carbocycles. The lowest BCUT2D eigenvalue weighted by Gasteiger charge is -2.04. The Labute approximate surface area is 143 Å². The molecule has 4 rings (SSSR count). The molecule has 0 saturated heterocycles. The van der Waals surface area contributed by atoms with Crippen molar-refractivity contribution in [3.8, 4) is 21.0 Å². The number of hydrogen-bond donors (Lipinski definition) is 1. The third kappa shape index (κ3) is 2.55. The lowest BCUT2D eigenvalue weighted by Crippen LogP contribution is -2.04. The Balaban J connectivity index is 1.89. The van der Waals surface area contributed by atoms with Gasteiger partial charge in [0.1, 0.15) is 5.65 Å². The average molecular weight is 332 g/mol. The summed E-state index contributed by atoms with van der Waals surface area (Å²) in [6.07, 6.45) is 0. The van der Waals surface area contributed by atoms with E-state index < -0.39 is 0 Å². The van der Waals surface area contributed by atoms with Crippen molar-refractivity contribution in [2.45, 2.75) is 13.8 Å². The second-order valence-electron chi connectivity index (χ2n) is 5.88. The molecule has 0 aliphatic rings. The van der Waals surface area contributed by atoms with E-state index in [2.05, 4.69) is 35.1 Å². The summed E-state index contributed by atoms with van der Waals surface area (Å²) in [7, 11) is 0. The van der Waals surface area contributed by atoms with Crippen molar-refractivity contribution in [3.63, 3.8) is 0 Å². The highest BCUT2D eigenvalue weighted by molar-refractivity contribution is 7.19. The number of nitrogens with one attached hydrogen (secondary N) is 1. The topological polar surface area (TPSA) is 45.8 Å². The van der Waals surface area contributed by atoms with Crippen LogP contribution in [-0.2, 0) is 0 Å². The van der Waals surface area contributed by atoms with Crippen LogP contribution in [-0.4, -0.2) is 9.97 Å². The zero-order valence-electron chi connectivity index (χ0n) is 13.5. The minimum absolute atomic E-state index is 0.000288. The normalized spacial score (nSPS) is 11.1. The SMILES string of the molecule is Cc1ccc2c(=O)cc(-c3sc(-c4ccccc4)cc3C)[nH]c2n1. The summed E-state index contributed by atoms with van der Waals surface area (Å²) in [5, 5.41) is 0.627. The summed E-state index contributed by atoms with van der Waals surface area (Å²) in [5.41, 5.74) is 4.71. The number of fused-ring (bicyclic) bond motifs is 1. The molecular weight excluding hydrogens is 316 g/mol. The van der Waals surface area contributed by atoms with Gasteiger partial charge >= 0.3 is 0 Å². The van der Waals surface area contributed by atoms with Gasteiger partial charge in [-0.1, -0.05) is 30.3 Å². The molecule has 3 nitrogen and oxygen atoms in total. The van der Waals surface area contributed by atoms with Crippen LogP contribution in [0.4, 0.5) is 0 Å². The van der Waals surface area contributed by atoms with E-state index in [0.717, 1.165) is 21.8 Å². The van der Waals surface area contributed by atoms with Gasteiger partial charge in [0, 0.05) is 16.6 Å². The highest BCUT2D eigenvalue weighted by Gasteiger charge is 2.12. The highest BCUT2D eigenvalue weighted by Crippen LogP contribution is 2.36. The number of aromatic nitrogens is 2. The second-order valence-corrected chi connectivity index (χ2v) is 6.94. The second kappa shape index (κ2) is 5.73. The Morgan fingerprint density at radius 3 is 2.58 bits per heavy atom. The number of thiophene rings is 1. The standard InChI is InChI=1S/C20H16N2OS/c1-12-10-18(14-6-4-3-5-7-14)24-19(12)16-11-17(23)15-9-8-13(2)21-20(15)22-16/h3-11H,1-2H3,(H,21,22,23). The van der Waals surface area contributed by atoms with Crippen molar-refractivity contribution in [1.29, 1.82) is 0 Å². The fourth-order valence-corrected chi connectivity index (χ4v) is 3.99. The maximum atomic E-state index is 12.4. The zero-order chi connectivity index (χ0) is 16.7. The molecule has 24 heavy (non-hydrogen) atoms. The Bertz CT molecular complexity index is 1090. The average Bonchev–Trinajstić information content (AvgIpc) is 2.97. The van der Waals surface area contributed by atoms with Crippen LogP contribution in [0.25, 0.3) is 32.0 Å². The Morgan fingerprint density at radius 2 is 1.79 bits per heavy atom. The first kappa shape index (κ1) is 14.8. The molecule has 0 unspecified atom stereocenters. The molecule has 0 aliphatic heterocycles. The lowest BCUT2D eigenvalue weighted by atomic mass is 10.1.